The molecule has 0 saturated carbocycles. The second-order valence-electron chi connectivity index (χ2n) is 4.66. The van der Waals surface area contributed by atoms with Gasteiger partial charge >= 0.3 is 0 Å². The van der Waals surface area contributed by atoms with Crippen molar-refractivity contribution < 1.29 is 19.2 Å². The fourth-order valence-corrected chi connectivity index (χ4v) is 3.08. The summed E-state index contributed by atoms with van der Waals surface area (Å²) in [7, 11) is 0. The fourth-order valence-electron chi connectivity index (χ4n) is 2.37. The number of hydrogen-bond acceptors (Lipinski definition) is 4. The Labute approximate surface area is 135 Å². The van der Waals surface area contributed by atoms with E-state index in [1.165, 1.54) is 12.1 Å². The van der Waals surface area contributed by atoms with Crippen LogP contribution in [0.2, 0.25) is 0 Å². The lowest BCUT2D eigenvalue weighted by atomic mass is 9.72. The highest BCUT2D eigenvalue weighted by atomic mass is 35.5. The Balaban J connectivity index is 2.80. The van der Waals surface area contributed by atoms with Crippen molar-refractivity contribution in [3.05, 3.63) is 46.5 Å². The second kappa shape index (κ2) is 5.55. The van der Waals surface area contributed by atoms with E-state index < -0.39 is 44.8 Å². The largest absolute Gasteiger partial charge is 0.369 e. The Kier molecular flexibility index (Phi) is 4.08. The number of halogens is 2. The predicted octanol–water partition coefficient (Wildman–Crippen LogP) is 0.352. The van der Waals surface area contributed by atoms with E-state index in [2.05, 4.69) is 0 Å². The van der Waals surface area contributed by atoms with Gasteiger partial charge in [0.15, 0.2) is 16.4 Å². The zero-order valence-electron chi connectivity index (χ0n) is 11.0. The van der Waals surface area contributed by atoms with Crippen LogP contribution in [0, 0.1) is 5.92 Å². The molecule has 1 aromatic carbocycles. The van der Waals surface area contributed by atoms with Crippen LogP contribution in [-0.4, -0.2) is 23.4 Å². The van der Waals surface area contributed by atoms with E-state index in [9.17, 15) is 19.2 Å². The molecule has 114 valence electrons. The lowest BCUT2D eigenvalue weighted by Crippen LogP contribution is -2.54. The molecule has 4 N–H and O–H groups in total. The first-order valence-corrected chi connectivity index (χ1v) is 6.80. The average Bonchev–Trinajstić information content (AvgIpc) is 2.46. The van der Waals surface area contributed by atoms with Crippen LogP contribution >= 0.6 is 23.2 Å². The molecule has 1 aromatic rings. The van der Waals surface area contributed by atoms with Crippen LogP contribution in [0.3, 0.4) is 0 Å². The molecule has 0 aliphatic heterocycles. The van der Waals surface area contributed by atoms with Gasteiger partial charge in [-0.3, -0.25) is 19.2 Å². The van der Waals surface area contributed by atoms with Crippen molar-refractivity contribution in [1.29, 1.82) is 0 Å². The smallest absolute Gasteiger partial charge is 0.254 e. The molecule has 0 bridgehead atoms. The number of ketones is 2. The van der Waals surface area contributed by atoms with Crippen molar-refractivity contribution in [2.75, 3.05) is 0 Å². The van der Waals surface area contributed by atoms with Crippen LogP contribution in [0.1, 0.15) is 5.56 Å². The molecule has 0 aromatic heterocycles. The normalized spacial score (nSPS) is 25.3. The molecule has 2 unspecified atom stereocenters. The Hall–Kier alpha value is -2.18. The zero-order valence-corrected chi connectivity index (χ0v) is 12.5. The number of carbonyl (C=O) groups excluding carboxylic acids is 4. The number of benzene rings is 1. The highest BCUT2D eigenvalue weighted by Crippen LogP contribution is 2.45. The van der Waals surface area contributed by atoms with Crippen molar-refractivity contribution >= 4 is 46.6 Å². The summed E-state index contributed by atoms with van der Waals surface area (Å²) in [5.41, 5.74) is 9.73. The summed E-state index contributed by atoms with van der Waals surface area (Å²) in [4.78, 5) is 45.9. The number of primary amides is 2. The molecule has 0 saturated heterocycles. The van der Waals surface area contributed by atoms with Gasteiger partial charge < -0.3 is 11.5 Å². The number of Topliss-reactive ketones (excluding diaryl/α,β-unsaturated/α-hetero) is 2. The maximum Gasteiger partial charge on any atom is 0.254 e. The van der Waals surface area contributed by atoms with E-state index in [0.29, 0.717) is 0 Å². The van der Waals surface area contributed by atoms with Crippen molar-refractivity contribution in [2.24, 2.45) is 17.4 Å². The molecule has 2 amide bonds. The summed E-state index contributed by atoms with van der Waals surface area (Å²) in [6.45, 7) is 0. The van der Waals surface area contributed by atoms with Crippen LogP contribution in [-0.2, 0) is 24.1 Å². The van der Waals surface area contributed by atoms with Gasteiger partial charge in [0.25, 0.3) is 5.91 Å². The van der Waals surface area contributed by atoms with E-state index in [-0.39, 0.29) is 5.56 Å². The van der Waals surface area contributed by atoms with Crippen LogP contribution in [0.25, 0.3) is 0 Å². The number of rotatable bonds is 3. The van der Waals surface area contributed by atoms with E-state index in [1.807, 2.05) is 0 Å². The summed E-state index contributed by atoms with van der Waals surface area (Å²) in [6.07, 6.45) is 0. The number of carbonyl (C=O) groups is 4. The van der Waals surface area contributed by atoms with E-state index >= 15 is 0 Å². The lowest BCUT2D eigenvalue weighted by molar-refractivity contribution is -0.138. The highest BCUT2D eigenvalue weighted by Gasteiger charge is 2.58. The van der Waals surface area contributed by atoms with Gasteiger partial charge in [-0.1, -0.05) is 41.9 Å². The van der Waals surface area contributed by atoms with Crippen molar-refractivity contribution in [3.8, 4) is 0 Å². The number of alkyl halides is 1. The van der Waals surface area contributed by atoms with Gasteiger partial charge in [-0.2, -0.15) is 0 Å². The number of allylic oxidation sites excluding steroid dienone is 1. The third-order valence-electron chi connectivity index (χ3n) is 3.38. The van der Waals surface area contributed by atoms with Crippen molar-refractivity contribution in [2.45, 2.75) is 4.87 Å². The van der Waals surface area contributed by atoms with Crippen LogP contribution in [0.15, 0.2) is 40.9 Å². The highest BCUT2D eigenvalue weighted by molar-refractivity contribution is 6.56. The van der Waals surface area contributed by atoms with E-state index in [4.69, 9.17) is 34.7 Å². The van der Waals surface area contributed by atoms with Gasteiger partial charge in [0.1, 0.15) is 16.5 Å². The average molecular weight is 341 g/mol. The molecule has 0 radical (unpaired) electrons. The Bertz CT molecular complexity index is 730. The molecular weight excluding hydrogens is 331 g/mol. The summed E-state index contributed by atoms with van der Waals surface area (Å²) in [5.74, 6) is -6.10. The van der Waals surface area contributed by atoms with Crippen molar-refractivity contribution in [1.82, 2.24) is 0 Å². The fraction of sp³-hybridized carbons (Fsp3) is 0.143. The van der Waals surface area contributed by atoms with Crippen LogP contribution in [0.5, 0.6) is 0 Å². The molecule has 2 atom stereocenters. The van der Waals surface area contributed by atoms with E-state index in [0.717, 1.165) is 0 Å². The first kappa shape index (κ1) is 16.2. The van der Waals surface area contributed by atoms with Crippen LogP contribution in [0.4, 0.5) is 0 Å². The Morgan fingerprint density at radius 3 is 2.09 bits per heavy atom. The topological polar surface area (TPSA) is 120 Å². The predicted molar refractivity (Wildman–Crippen MR) is 78.7 cm³/mol. The van der Waals surface area contributed by atoms with E-state index in [1.54, 1.807) is 18.2 Å². The maximum atomic E-state index is 12.6. The zero-order chi connectivity index (χ0) is 16.7. The third kappa shape index (κ3) is 2.20. The maximum absolute atomic E-state index is 12.6. The summed E-state index contributed by atoms with van der Waals surface area (Å²) < 4.78 is 0. The van der Waals surface area contributed by atoms with Gasteiger partial charge in [0.05, 0.1) is 0 Å². The molecule has 0 fully saturated rings. The van der Waals surface area contributed by atoms with Gasteiger partial charge in [-0.05, 0) is 5.56 Å². The molecular formula is C14H10Cl2N2O4. The van der Waals surface area contributed by atoms with Crippen molar-refractivity contribution in [3.63, 3.8) is 0 Å². The summed E-state index contributed by atoms with van der Waals surface area (Å²) >= 11 is 12.1. The molecule has 2 rings (SSSR count). The number of hydrogen-bond donors (Lipinski definition) is 2. The quantitative estimate of drug-likeness (QED) is 0.468. The molecule has 1 aliphatic carbocycles. The molecule has 8 heteroatoms. The Morgan fingerprint density at radius 1 is 1.09 bits per heavy atom. The first-order valence-electron chi connectivity index (χ1n) is 6.05. The monoisotopic (exact) mass is 340 g/mol. The minimum Gasteiger partial charge on any atom is -0.369 e. The van der Waals surface area contributed by atoms with Gasteiger partial charge in [-0.15, -0.1) is 11.6 Å². The number of amides is 2. The lowest BCUT2D eigenvalue weighted by Gasteiger charge is -2.35. The first-order chi connectivity index (χ1) is 10.2. The summed E-state index contributed by atoms with van der Waals surface area (Å²) in [6, 6.07) is 7.63. The standard InChI is InChI=1S/C14H10Cl2N2O4/c15-9-7(12(17)21)11(20)14(16,6-4-2-1-3-5-6)8(10(9)19)13(18)22/h1-5,8H,(H2,17,21)(H2,18,22). The Morgan fingerprint density at radius 2 is 1.64 bits per heavy atom. The van der Waals surface area contributed by atoms with Gasteiger partial charge in [-0.25, -0.2) is 0 Å². The molecule has 0 spiro atoms. The minimum absolute atomic E-state index is 0.140. The van der Waals surface area contributed by atoms with Gasteiger partial charge in [0, 0.05) is 0 Å². The molecule has 1 aliphatic rings. The third-order valence-corrected chi connectivity index (χ3v) is 4.36. The minimum atomic E-state index is -2.16. The van der Waals surface area contributed by atoms with Crippen LogP contribution < -0.4 is 11.5 Å². The molecule has 6 nitrogen and oxygen atoms in total. The van der Waals surface area contributed by atoms with Gasteiger partial charge in [0.2, 0.25) is 5.91 Å². The SMILES string of the molecule is NC(=O)C1=C(Cl)C(=O)C(C(N)=O)C(Cl)(c2ccccc2)C1=O. The second-order valence-corrected chi connectivity index (χ2v) is 5.63. The number of nitrogens with two attached hydrogens (primary N) is 2. The summed E-state index contributed by atoms with van der Waals surface area (Å²) in [5, 5.41) is -0.728. The molecule has 0 heterocycles. The molecule has 22 heavy (non-hydrogen) atoms.